The number of anilines is 2. The summed E-state index contributed by atoms with van der Waals surface area (Å²) in [7, 11) is 0. The third-order valence-corrected chi connectivity index (χ3v) is 6.58. The first-order valence-electron chi connectivity index (χ1n) is 10.4. The predicted octanol–water partition coefficient (Wildman–Crippen LogP) is 3.02. The van der Waals surface area contributed by atoms with Gasteiger partial charge in [0.15, 0.2) is 0 Å². The number of hydrogen-bond donors (Lipinski definition) is 4. The zero-order valence-electron chi connectivity index (χ0n) is 17.7. The van der Waals surface area contributed by atoms with Crippen LogP contribution in [-0.2, 0) is 6.42 Å². The van der Waals surface area contributed by atoms with Crippen molar-refractivity contribution in [2.24, 2.45) is 5.92 Å². The van der Waals surface area contributed by atoms with Gasteiger partial charge >= 0.3 is 0 Å². The summed E-state index contributed by atoms with van der Waals surface area (Å²) in [5.41, 5.74) is 14.0. The largest absolute Gasteiger partial charge is 0.388 e. The molecule has 8 nitrogen and oxygen atoms in total. The Morgan fingerprint density at radius 3 is 2.73 bits per heavy atom. The van der Waals surface area contributed by atoms with E-state index in [4.69, 9.17) is 23.1 Å². The predicted molar refractivity (Wildman–Crippen MR) is 125 cm³/mol. The Morgan fingerprint density at radius 1 is 1.15 bits per heavy atom. The topological polar surface area (TPSA) is 136 Å². The van der Waals surface area contributed by atoms with Crippen LogP contribution in [0, 0.1) is 11.7 Å². The van der Waals surface area contributed by atoms with Crippen molar-refractivity contribution in [1.82, 2.24) is 19.5 Å². The number of nitrogens with zero attached hydrogens (tertiary/aromatic N) is 4. The average Bonchev–Trinajstić information content (AvgIpc) is 3.32. The summed E-state index contributed by atoms with van der Waals surface area (Å²) in [6.45, 7) is 1.92. The molecule has 4 unspecified atom stereocenters. The van der Waals surface area contributed by atoms with Gasteiger partial charge in [-0.05, 0) is 47.7 Å². The summed E-state index contributed by atoms with van der Waals surface area (Å²) in [5, 5.41) is 22.7. The molecular formula is C23H22ClFN6O2. The molecule has 3 aromatic heterocycles. The number of pyridine rings is 1. The van der Waals surface area contributed by atoms with Crippen LogP contribution in [0.3, 0.4) is 0 Å². The third-order valence-electron chi connectivity index (χ3n) is 6.27. The summed E-state index contributed by atoms with van der Waals surface area (Å²) in [6.07, 6.45) is 3.26. The molecule has 4 atom stereocenters. The van der Waals surface area contributed by atoms with Crippen LogP contribution in [0.2, 0.25) is 5.02 Å². The highest BCUT2D eigenvalue weighted by Crippen LogP contribution is 2.37. The standard InChI is InChI=1S/C23H22ClFN6O2/c1-10(4-11-5-16(25)14-7-15(24)22(27)30-17(14)6-11)13-8-18(20(33)19(13)32)31-3-2-12-21(26)28-9-29-23(12)31/h2-3,5-10,18-20,32-33H,4H2,1H3,(H2,27,30)(H2,26,28,29). The molecule has 33 heavy (non-hydrogen) atoms. The van der Waals surface area contributed by atoms with Gasteiger partial charge in [0.1, 0.15) is 41.6 Å². The van der Waals surface area contributed by atoms with Crippen LogP contribution in [-0.4, -0.2) is 41.9 Å². The molecule has 5 rings (SSSR count). The lowest BCUT2D eigenvalue weighted by atomic mass is 9.91. The van der Waals surface area contributed by atoms with Crippen molar-refractivity contribution >= 4 is 45.2 Å². The lowest BCUT2D eigenvalue weighted by Crippen LogP contribution is -2.30. The molecule has 0 aliphatic heterocycles. The second-order valence-corrected chi connectivity index (χ2v) is 8.82. The molecule has 0 radical (unpaired) electrons. The molecule has 1 aliphatic carbocycles. The van der Waals surface area contributed by atoms with E-state index in [1.165, 1.54) is 18.5 Å². The lowest BCUT2D eigenvalue weighted by Gasteiger charge is -2.21. The van der Waals surface area contributed by atoms with Gasteiger partial charge in [-0.2, -0.15) is 0 Å². The number of hydrogen-bond acceptors (Lipinski definition) is 7. The average molecular weight is 469 g/mol. The molecule has 1 aromatic carbocycles. The first kappa shape index (κ1) is 21.6. The molecule has 0 bridgehead atoms. The van der Waals surface area contributed by atoms with Gasteiger partial charge < -0.3 is 26.2 Å². The number of halogens is 2. The van der Waals surface area contributed by atoms with Crippen LogP contribution in [0.5, 0.6) is 0 Å². The molecule has 0 fully saturated rings. The highest BCUT2D eigenvalue weighted by atomic mass is 35.5. The monoisotopic (exact) mass is 468 g/mol. The minimum atomic E-state index is -1.07. The Morgan fingerprint density at radius 2 is 1.94 bits per heavy atom. The fourth-order valence-electron chi connectivity index (χ4n) is 4.58. The maximum Gasteiger partial charge on any atom is 0.146 e. The maximum atomic E-state index is 14.7. The van der Waals surface area contributed by atoms with Gasteiger partial charge in [-0.15, -0.1) is 0 Å². The van der Waals surface area contributed by atoms with Gasteiger partial charge in [-0.1, -0.05) is 24.6 Å². The quantitative estimate of drug-likeness (QED) is 0.338. The van der Waals surface area contributed by atoms with Crippen molar-refractivity contribution < 1.29 is 14.6 Å². The molecule has 0 spiro atoms. The summed E-state index contributed by atoms with van der Waals surface area (Å²) in [6, 6.07) is 5.91. The highest BCUT2D eigenvalue weighted by molar-refractivity contribution is 6.33. The van der Waals surface area contributed by atoms with E-state index in [0.717, 1.165) is 0 Å². The van der Waals surface area contributed by atoms with E-state index in [2.05, 4.69) is 15.0 Å². The summed E-state index contributed by atoms with van der Waals surface area (Å²) in [5.74, 6) is -0.142. The SMILES string of the molecule is CC(Cc1cc(F)c2cc(Cl)c(N)nc2c1)C1=CC(n2ccc3c(N)ncnc32)C(O)C1O. The lowest BCUT2D eigenvalue weighted by molar-refractivity contribution is 0.0293. The Hall–Kier alpha value is -3.27. The summed E-state index contributed by atoms with van der Waals surface area (Å²) < 4.78 is 16.5. The van der Waals surface area contributed by atoms with Crippen LogP contribution in [0.1, 0.15) is 18.5 Å². The Kier molecular flexibility index (Phi) is 5.19. The van der Waals surface area contributed by atoms with Crippen LogP contribution < -0.4 is 11.5 Å². The molecule has 6 N–H and O–H groups in total. The van der Waals surface area contributed by atoms with Gasteiger partial charge in [0.05, 0.1) is 22.0 Å². The van der Waals surface area contributed by atoms with Gasteiger partial charge in [0, 0.05) is 11.6 Å². The Balaban J connectivity index is 1.46. The van der Waals surface area contributed by atoms with Crippen molar-refractivity contribution in [3.05, 3.63) is 64.8 Å². The van der Waals surface area contributed by atoms with Crippen molar-refractivity contribution in [3.8, 4) is 0 Å². The normalized spacial score (nSPS) is 21.6. The molecule has 0 saturated heterocycles. The second kappa shape index (κ2) is 7.95. The highest BCUT2D eigenvalue weighted by Gasteiger charge is 2.38. The van der Waals surface area contributed by atoms with E-state index in [0.29, 0.717) is 45.3 Å². The van der Waals surface area contributed by atoms with Crippen molar-refractivity contribution in [2.75, 3.05) is 11.5 Å². The van der Waals surface area contributed by atoms with Gasteiger partial charge in [0.25, 0.3) is 0 Å². The van der Waals surface area contributed by atoms with Crippen LogP contribution in [0.4, 0.5) is 16.0 Å². The third kappa shape index (κ3) is 3.58. The number of benzene rings is 1. The van der Waals surface area contributed by atoms with Crippen LogP contribution >= 0.6 is 11.6 Å². The Bertz CT molecular complexity index is 1420. The van der Waals surface area contributed by atoms with E-state index in [9.17, 15) is 14.6 Å². The molecule has 3 heterocycles. The van der Waals surface area contributed by atoms with Gasteiger partial charge in [-0.3, -0.25) is 0 Å². The van der Waals surface area contributed by atoms with Crippen LogP contribution in [0.25, 0.3) is 21.9 Å². The van der Waals surface area contributed by atoms with Crippen LogP contribution in [0.15, 0.2) is 48.4 Å². The molecule has 170 valence electrons. The summed E-state index contributed by atoms with van der Waals surface area (Å²) in [4.78, 5) is 12.4. The first-order valence-corrected chi connectivity index (χ1v) is 10.8. The second-order valence-electron chi connectivity index (χ2n) is 8.42. The number of fused-ring (bicyclic) bond motifs is 2. The number of aliphatic hydroxyl groups is 2. The number of nitrogen functional groups attached to an aromatic ring is 2. The molecule has 1 aliphatic rings. The fraction of sp³-hybridized carbons (Fsp3) is 0.261. The molecule has 10 heteroatoms. The first-order chi connectivity index (χ1) is 15.7. The number of nitrogens with two attached hydrogens (primary N) is 2. The maximum absolute atomic E-state index is 14.7. The molecular weight excluding hydrogens is 447 g/mol. The smallest absolute Gasteiger partial charge is 0.146 e. The van der Waals surface area contributed by atoms with E-state index in [1.54, 1.807) is 22.9 Å². The van der Waals surface area contributed by atoms with Gasteiger partial charge in [-0.25, -0.2) is 19.3 Å². The van der Waals surface area contributed by atoms with E-state index < -0.39 is 24.1 Å². The summed E-state index contributed by atoms with van der Waals surface area (Å²) >= 11 is 5.97. The van der Waals surface area contributed by atoms with E-state index >= 15 is 0 Å². The Labute approximate surface area is 193 Å². The minimum absolute atomic E-state index is 0.136. The number of rotatable bonds is 4. The fourth-order valence-corrected chi connectivity index (χ4v) is 4.73. The minimum Gasteiger partial charge on any atom is -0.388 e. The van der Waals surface area contributed by atoms with E-state index in [1.807, 2.05) is 13.0 Å². The molecule has 4 aromatic rings. The number of aliphatic hydroxyl groups excluding tert-OH is 2. The van der Waals surface area contributed by atoms with E-state index in [-0.39, 0.29) is 16.8 Å². The van der Waals surface area contributed by atoms with Crippen molar-refractivity contribution in [2.45, 2.75) is 31.6 Å². The van der Waals surface area contributed by atoms with Crippen molar-refractivity contribution in [3.63, 3.8) is 0 Å². The number of aromatic nitrogens is 4. The van der Waals surface area contributed by atoms with Crippen molar-refractivity contribution in [1.29, 1.82) is 0 Å². The zero-order valence-corrected chi connectivity index (χ0v) is 18.4. The zero-order chi connectivity index (χ0) is 23.4. The molecule has 0 saturated carbocycles. The van der Waals surface area contributed by atoms with Gasteiger partial charge in [0.2, 0.25) is 0 Å². The molecule has 0 amide bonds.